The molecule has 0 aromatic carbocycles. The standard InChI is InChI=1S/C16H25NO3/c1-11-10-17-15(12(2)16(11)19-3)9-13(18)6-7-14-5-4-8-20-14/h10,13-14,18H,4-9H2,1-3H3. The van der Waals surface area contributed by atoms with E-state index in [4.69, 9.17) is 9.47 Å². The van der Waals surface area contributed by atoms with E-state index < -0.39 is 0 Å². The second-order valence-electron chi connectivity index (χ2n) is 5.62. The van der Waals surface area contributed by atoms with Crippen molar-refractivity contribution in [2.45, 2.75) is 58.2 Å². The van der Waals surface area contributed by atoms with Crippen molar-refractivity contribution in [3.63, 3.8) is 0 Å². The average molecular weight is 279 g/mol. The number of hydrogen-bond acceptors (Lipinski definition) is 4. The molecule has 112 valence electrons. The Kier molecular flexibility index (Phi) is 5.38. The zero-order valence-corrected chi connectivity index (χ0v) is 12.7. The summed E-state index contributed by atoms with van der Waals surface area (Å²) in [6.45, 7) is 4.86. The monoisotopic (exact) mass is 279 g/mol. The van der Waals surface area contributed by atoms with Gasteiger partial charge in [0, 0.05) is 36.0 Å². The van der Waals surface area contributed by atoms with Gasteiger partial charge in [-0.25, -0.2) is 0 Å². The van der Waals surface area contributed by atoms with Crippen molar-refractivity contribution in [1.82, 2.24) is 4.98 Å². The third-order valence-corrected chi connectivity index (χ3v) is 4.02. The van der Waals surface area contributed by atoms with Crippen LogP contribution in [0.1, 0.15) is 42.5 Å². The number of pyridine rings is 1. The molecule has 1 saturated heterocycles. The fraction of sp³-hybridized carbons (Fsp3) is 0.688. The highest BCUT2D eigenvalue weighted by atomic mass is 16.5. The first kappa shape index (κ1) is 15.3. The van der Waals surface area contributed by atoms with Gasteiger partial charge in [-0.15, -0.1) is 0 Å². The molecule has 0 aliphatic carbocycles. The molecule has 4 nitrogen and oxygen atoms in total. The van der Waals surface area contributed by atoms with Gasteiger partial charge in [-0.1, -0.05) is 0 Å². The molecule has 1 aliphatic heterocycles. The maximum atomic E-state index is 10.2. The number of aryl methyl sites for hydroxylation is 1. The lowest BCUT2D eigenvalue weighted by molar-refractivity contribution is 0.0810. The molecular weight excluding hydrogens is 254 g/mol. The van der Waals surface area contributed by atoms with E-state index in [0.717, 1.165) is 54.9 Å². The van der Waals surface area contributed by atoms with Crippen molar-refractivity contribution in [2.24, 2.45) is 0 Å². The Bertz CT molecular complexity index is 442. The van der Waals surface area contributed by atoms with Crippen LogP contribution in [0.4, 0.5) is 0 Å². The van der Waals surface area contributed by atoms with Crippen LogP contribution in [0.25, 0.3) is 0 Å². The molecule has 20 heavy (non-hydrogen) atoms. The van der Waals surface area contributed by atoms with Gasteiger partial charge in [-0.05, 0) is 39.5 Å². The van der Waals surface area contributed by atoms with Gasteiger partial charge in [0.1, 0.15) is 5.75 Å². The molecule has 0 radical (unpaired) electrons. The molecule has 1 fully saturated rings. The minimum Gasteiger partial charge on any atom is -0.496 e. The summed E-state index contributed by atoms with van der Waals surface area (Å²) < 4.78 is 11.0. The minimum atomic E-state index is -0.363. The molecule has 0 bridgehead atoms. The molecule has 1 aromatic rings. The Balaban J connectivity index is 1.91. The summed E-state index contributed by atoms with van der Waals surface area (Å²) in [6.07, 6.45) is 6.34. The number of hydrogen-bond donors (Lipinski definition) is 1. The molecule has 1 N–H and O–H groups in total. The van der Waals surface area contributed by atoms with Crippen LogP contribution in [-0.2, 0) is 11.2 Å². The third-order valence-electron chi connectivity index (χ3n) is 4.02. The first-order valence-electron chi connectivity index (χ1n) is 7.40. The van der Waals surface area contributed by atoms with Gasteiger partial charge in [-0.2, -0.15) is 0 Å². The topological polar surface area (TPSA) is 51.6 Å². The van der Waals surface area contributed by atoms with Crippen LogP contribution in [-0.4, -0.2) is 36.0 Å². The maximum Gasteiger partial charge on any atom is 0.128 e. The molecule has 2 heterocycles. The van der Waals surface area contributed by atoms with Gasteiger partial charge in [-0.3, -0.25) is 4.98 Å². The normalized spacial score (nSPS) is 20.1. The molecule has 4 heteroatoms. The number of aliphatic hydroxyl groups excluding tert-OH is 1. The van der Waals surface area contributed by atoms with Gasteiger partial charge in [0.05, 0.1) is 19.3 Å². The number of ether oxygens (including phenoxy) is 2. The summed E-state index contributed by atoms with van der Waals surface area (Å²) in [4.78, 5) is 4.43. The van der Waals surface area contributed by atoms with Crippen LogP contribution < -0.4 is 4.74 Å². The van der Waals surface area contributed by atoms with Gasteiger partial charge in [0.25, 0.3) is 0 Å². The van der Waals surface area contributed by atoms with Crippen LogP contribution in [0, 0.1) is 13.8 Å². The van der Waals surface area contributed by atoms with E-state index in [2.05, 4.69) is 4.98 Å². The van der Waals surface area contributed by atoms with E-state index in [-0.39, 0.29) is 6.10 Å². The SMILES string of the molecule is COc1c(C)cnc(CC(O)CCC2CCCO2)c1C. The lowest BCUT2D eigenvalue weighted by Crippen LogP contribution is -2.16. The Morgan fingerprint density at radius 1 is 1.50 bits per heavy atom. The van der Waals surface area contributed by atoms with Crippen molar-refractivity contribution >= 4 is 0 Å². The third kappa shape index (κ3) is 3.70. The molecule has 0 saturated carbocycles. The van der Waals surface area contributed by atoms with Crippen molar-refractivity contribution in [3.05, 3.63) is 23.0 Å². The summed E-state index contributed by atoms with van der Waals surface area (Å²) >= 11 is 0. The van der Waals surface area contributed by atoms with Crippen molar-refractivity contribution in [1.29, 1.82) is 0 Å². The summed E-state index contributed by atoms with van der Waals surface area (Å²) in [5, 5.41) is 10.2. The number of aliphatic hydroxyl groups is 1. The Morgan fingerprint density at radius 3 is 2.95 bits per heavy atom. The highest BCUT2D eigenvalue weighted by Gasteiger charge is 2.18. The highest BCUT2D eigenvalue weighted by Crippen LogP contribution is 2.25. The first-order chi connectivity index (χ1) is 9.61. The van der Waals surface area contributed by atoms with Crippen LogP contribution in [0.2, 0.25) is 0 Å². The number of rotatable bonds is 6. The second-order valence-corrected chi connectivity index (χ2v) is 5.62. The Labute approximate surface area is 121 Å². The van der Waals surface area contributed by atoms with E-state index in [0.29, 0.717) is 12.5 Å². The molecule has 2 atom stereocenters. The van der Waals surface area contributed by atoms with E-state index in [1.165, 1.54) is 0 Å². The summed E-state index contributed by atoms with van der Waals surface area (Å²) in [5.74, 6) is 0.876. The molecule has 1 aromatic heterocycles. The predicted octanol–water partition coefficient (Wildman–Crippen LogP) is 2.57. The lowest BCUT2D eigenvalue weighted by Gasteiger charge is -2.16. The summed E-state index contributed by atoms with van der Waals surface area (Å²) in [5.41, 5.74) is 2.98. The Hall–Kier alpha value is -1.13. The van der Waals surface area contributed by atoms with E-state index in [1.807, 2.05) is 20.0 Å². The maximum absolute atomic E-state index is 10.2. The average Bonchev–Trinajstić information content (AvgIpc) is 2.94. The largest absolute Gasteiger partial charge is 0.496 e. The molecule has 1 aliphatic rings. The predicted molar refractivity (Wildman–Crippen MR) is 78.2 cm³/mol. The Morgan fingerprint density at radius 2 is 2.30 bits per heavy atom. The first-order valence-corrected chi connectivity index (χ1v) is 7.40. The van der Waals surface area contributed by atoms with Crippen molar-refractivity contribution in [2.75, 3.05) is 13.7 Å². The molecule has 0 spiro atoms. The van der Waals surface area contributed by atoms with E-state index in [9.17, 15) is 5.11 Å². The number of aromatic nitrogens is 1. The van der Waals surface area contributed by atoms with Gasteiger partial charge < -0.3 is 14.6 Å². The van der Waals surface area contributed by atoms with Crippen molar-refractivity contribution < 1.29 is 14.6 Å². The van der Waals surface area contributed by atoms with Gasteiger partial charge in [0.2, 0.25) is 0 Å². The molecule has 2 unspecified atom stereocenters. The van der Waals surface area contributed by atoms with Gasteiger partial charge >= 0.3 is 0 Å². The zero-order valence-electron chi connectivity index (χ0n) is 12.7. The lowest BCUT2D eigenvalue weighted by atomic mass is 10.0. The summed E-state index contributed by atoms with van der Waals surface area (Å²) in [6, 6.07) is 0. The molecule has 2 rings (SSSR count). The van der Waals surface area contributed by atoms with Crippen LogP contribution in [0.5, 0.6) is 5.75 Å². The second kappa shape index (κ2) is 7.04. The summed E-state index contributed by atoms with van der Waals surface area (Å²) in [7, 11) is 1.67. The fourth-order valence-corrected chi connectivity index (χ4v) is 2.85. The van der Waals surface area contributed by atoms with E-state index >= 15 is 0 Å². The smallest absolute Gasteiger partial charge is 0.128 e. The minimum absolute atomic E-state index is 0.339. The quantitative estimate of drug-likeness (QED) is 0.869. The fourth-order valence-electron chi connectivity index (χ4n) is 2.85. The highest BCUT2D eigenvalue weighted by molar-refractivity contribution is 5.41. The molecular formula is C16H25NO3. The van der Waals surface area contributed by atoms with Crippen LogP contribution in [0.15, 0.2) is 6.20 Å². The number of nitrogens with zero attached hydrogens (tertiary/aromatic N) is 1. The van der Waals surface area contributed by atoms with E-state index in [1.54, 1.807) is 7.11 Å². The molecule has 0 amide bonds. The van der Waals surface area contributed by atoms with Crippen LogP contribution in [0.3, 0.4) is 0 Å². The van der Waals surface area contributed by atoms with Crippen molar-refractivity contribution in [3.8, 4) is 5.75 Å². The number of methoxy groups -OCH3 is 1. The zero-order chi connectivity index (χ0) is 14.5. The van der Waals surface area contributed by atoms with Crippen LogP contribution >= 0.6 is 0 Å². The van der Waals surface area contributed by atoms with Gasteiger partial charge in [0.15, 0.2) is 0 Å².